The summed E-state index contributed by atoms with van der Waals surface area (Å²) < 4.78 is 0. The molecule has 0 aromatic carbocycles. The van der Waals surface area contributed by atoms with Gasteiger partial charge in [0.05, 0.1) is 6.10 Å². The van der Waals surface area contributed by atoms with Crippen LogP contribution in [0.5, 0.6) is 0 Å². The van der Waals surface area contributed by atoms with Gasteiger partial charge in [-0.25, -0.2) is 0 Å². The van der Waals surface area contributed by atoms with Crippen LogP contribution in [-0.2, 0) is 0 Å². The summed E-state index contributed by atoms with van der Waals surface area (Å²) in [6.07, 6.45) is 9.65. The fraction of sp³-hybridized carbons (Fsp3) is 1.00. The van der Waals surface area contributed by atoms with Crippen LogP contribution in [0.3, 0.4) is 0 Å². The number of hydrogen-bond donors (Lipinski definition) is 1. The molecular weight excluding hydrogens is 278 g/mol. The number of hydrogen-bond acceptors (Lipinski definition) is 3. The molecule has 1 N–H and O–H groups in total. The molecule has 0 bridgehead atoms. The minimum atomic E-state index is -0.278. The summed E-state index contributed by atoms with van der Waals surface area (Å²) in [4.78, 5) is 11.1. The van der Waals surface area contributed by atoms with Gasteiger partial charge in [0.1, 0.15) is 0 Å². The highest BCUT2D eigenvalue weighted by Crippen LogP contribution is 2.62. The van der Waals surface area contributed by atoms with E-state index in [-0.39, 0.29) is 22.5 Å². The predicted molar refractivity (Wildman–Crippen MR) is 83.9 cm³/mol. The molecule has 0 heterocycles. The number of rotatable bonds is 1. The third-order valence-electron chi connectivity index (χ3n) is 8.17. The van der Waals surface area contributed by atoms with E-state index < -0.39 is 0 Å². The third-order valence-corrected chi connectivity index (χ3v) is 8.17. The van der Waals surface area contributed by atoms with E-state index in [1.807, 2.05) is 0 Å². The van der Waals surface area contributed by atoms with Crippen LogP contribution >= 0.6 is 0 Å². The summed E-state index contributed by atoms with van der Waals surface area (Å²) >= 11 is 0. The molecule has 0 radical (unpaired) electrons. The molecule has 0 aliphatic heterocycles. The van der Waals surface area contributed by atoms with Gasteiger partial charge < -0.3 is 5.11 Å². The molecular formula is C18H29NO3. The van der Waals surface area contributed by atoms with Crippen LogP contribution < -0.4 is 0 Å². The fourth-order valence-electron chi connectivity index (χ4n) is 6.99. The molecule has 22 heavy (non-hydrogen) atoms. The van der Waals surface area contributed by atoms with Gasteiger partial charge in [-0.15, -0.1) is 0 Å². The second kappa shape index (κ2) is 5.19. The number of nitro groups is 1. The Morgan fingerprint density at radius 1 is 1.00 bits per heavy atom. The van der Waals surface area contributed by atoms with E-state index in [0.29, 0.717) is 11.8 Å². The van der Waals surface area contributed by atoms with Gasteiger partial charge in [0, 0.05) is 17.8 Å². The van der Waals surface area contributed by atoms with Crippen LogP contribution in [0.2, 0.25) is 0 Å². The van der Waals surface area contributed by atoms with Crippen molar-refractivity contribution in [1.29, 1.82) is 0 Å². The quantitative estimate of drug-likeness (QED) is 0.594. The maximum absolute atomic E-state index is 11.1. The van der Waals surface area contributed by atoms with E-state index in [1.165, 1.54) is 32.1 Å². The number of aliphatic hydroxyl groups is 1. The maximum Gasteiger partial charge on any atom is 0.213 e. The summed E-state index contributed by atoms with van der Waals surface area (Å²) in [6.45, 7) is 2.32. The van der Waals surface area contributed by atoms with Gasteiger partial charge in [-0.05, 0) is 80.0 Å². The molecule has 0 aromatic rings. The van der Waals surface area contributed by atoms with Crippen molar-refractivity contribution in [3.63, 3.8) is 0 Å². The van der Waals surface area contributed by atoms with Crippen molar-refractivity contribution in [3.05, 3.63) is 10.1 Å². The lowest BCUT2D eigenvalue weighted by Gasteiger charge is -2.55. The molecule has 4 fully saturated rings. The molecule has 4 aliphatic rings. The minimum absolute atomic E-state index is 0.0342. The highest BCUT2D eigenvalue weighted by atomic mass is 16.6. The van der Waals surface area contributed by atoms with Crippen LogP contribution in [0.1, 0.15) is 64.7 Å². The smallest absolute Gasteiger partial charge is 0.213 e. The Labute approximate surface area is 132 Å². The number of nitrogens with zero attached hydrogens (tertiary/aromatic N) is 1. The van der Waals surface area contributed by atoms with E-state index in [4.69, 9.17) is 0 Å². The average molecular weight is 307 g/mol. The van der Waals surface area contributed by atoms with Gasteiger partial charge in [-0.1, -0.05) is 6.92 Å². The Morgan fingerprint density at radius 3 is 2.55 bits per heavy atom. The standard InChI is InChI=1S/C18H29NO3/c1-18-9-8-14-13-5-3-12(19(21)22)10-11(13)2-4-15(14)16(18)6-7-17(18)20/h11-17,20H,2-10H2,1H3. The van der Waals surface area contributed by atoms with Gasteiger partial charge >= 0.3 is 0 Å². The Morgan fingerprint density at radius 2 is 1.77 bits per heavy atom. The Balaban J connectivity index is 1.52. The van der Waals surface area contributed by atoms with E-state index in [2.05, 4.69) is 6.92 Å². The van der Waals surface area contributed by atoms with E-state index in [9.17, 15) is 15.2 Å². The van der Waals surface area contributed by atoms with Crippen molar-refractivity contribution in [1.82, 2.24) is 0 Å². The second-order valence-corrected chi connectivity index (χ2v) is 8.83. The molecule has 8 unspecified atom stereocenters. The van der Waals surface area contributed by atoms with Crippen LogP contribution in [0.25, 0.3) is 0 Å². The second-order valence-electron chi connectivity index (χ2n) is 8.83. The molecule has 124 valence electrons. The largest absolute Gasteiger partial charge is 0.393 e. The summed E-state index contributed by atoms with van der Waals surface area (Å²) in [7, 11) is 0. The molecule has 4 rings (SSSR count). The van der Waals surface area contributed by atoms with Gasteiger partial charge in [0.25, 0.3) is 0 Å². The van der Waals surface area contributed by atoms with E-state index >= 15 is 0 Å². The van der Waals surface area contributed by atoms with Crippen molar-refractivity contribution >= 4 is 0 Å². The van der Waals surface area contributed by atoms with E-state index in [1.54, 1.807) is 0 Å². The van der Waals surface area contributed by atoms with Crippen LogP contribution in [0, 0.1) is 45.1 Å². The zero-order valence-corrected chi connectivity index (χ0v) is 13.6. The van der Waals surface area contributed by atoms with Gasteiger partial charge in [0.15, 0.2) is 0 Å². The topological polar surface area (TPSA) is 63.4 Å². The molecule has 4 nitrogen and oxygen atoms in total. The first-order valence-electron chi connectivity index (χ1n) is 9.32. The molecule has 4 heteroatoms. The first-order valence-corrected chi connectivity index (χ1v) is 9.32. The molecule has 8 atom stereocenters. The van der Waals surface area contributed by atoms with Gasteiger partial charge in [-0.2, -0.15) is 0 Å². The monoisotopic (exact) mass is 307 g/mol. The lowest BCUT2D eigenvalue weighted by Crippen LogP contribution is -2.50. The maximum atomic E-state index is 11.1. The lowest BCUT2D eigenvalue weighted by molar-refractivity contribution is -0.529. The number of fused-ring (bicyclic) bond motifs is 5. The van der Waals surface area contributed by atoms with Crippen molar-refractivity contribution in [2.24, 2.45) is 35.0 Å². The first kappa shape index (κ1) is 14.9. The predicted octanol–water partition coefficient (Wildman–Crippen LogP) is 3.65. The molecule has 4 aliphatic carbocycles. The molecule has 4 saturated carbocycles. The first-order chi connectivity index (χ1) is 10.5. The minimum Gasteiger partial charge on any atom is -0.393 e. The normalized spacial score (nSPS) is 54.2. The van der Waals surface area contributed by atoms with Crippen LogP contribution in [-0.4, -0.2) is 22.2 Å². The van der Waals surface area contributed by atoms with Crippen molar-refractivity contribution in [2.45, 2.75) is 76.9 Å². The SMILES string of the molecule is CC12CCC3C4CCC([N+](=O)[O-])CC4CCC3C1CCC2O. The van der Waals surface area contributed by atoms with Gasteiger partial charge in [0.2, 0.25) is 6.04 Å². The summed E-state index contributed by atoms with van der Waals surface area (Å²) in [6, 6.07) is -0.278. The molecule has 0 spiro atoms. The average Bonchev–Trinajstić information content (AvgIpc) is 2.82. The Bertz CT molecular complexity index is 467. The highest BCUT2D eigenvalue weighted by Gasteiger charge is 2.57. The lowest BCUT2D eigenvalue weighted by atomic mass is 9.50. The highest BCUT2D eigenvalue weighted by molar-refractivity contribution is 5.06. The molecule has 0 amide bonds. The van der Waals surface area contributed by atoms with E-state index in [0.717, 1.165) is 43.4 Å². The molecule has 0 aromatic heterocycles. The summed E-state index contributed by atoms with van der Waals surface area (Å²) in [5, 5.41) is 21.5. The summed E-state index contributed by atoms with van der Waals surface area (Å²) in [5.41, 5.74) is 0.159. The van der Waals surface area contributed by atoms with Crippen molar-refractivity contribution in [2.75, 3.05) is 0 Å². The van der Waals surface area contributed by atoms with Gasteiger partial charge in [-0.3, -0.25) is 10.1 Å². The zero-order chi connectivity index (χ0) is 15.5. The third kappa shape index (κ3) is 2.05. The van der Waals surface area contributed by atoms with Crippen molar-refractivity contribution < 1.29 is 10.0 Å². The number of aliphatic hydroxyl groups excluding tert-OH is 1. The summed E-state index contributed by atoms with van der Waals surface area (Å²) in [5.74, 6) is 3.60. The van der Waals surface area contributed by atoms with Crippen LogP contribution in [0.4, 0.5) is 0 Å². The Hall–Kier alpha value is -0.640. The fourth-order valence-corrected chi connectivity index (χ4v) is 6.99. The van der Waals surface area contributed by atoms with Crippen molar-refractivity contribution in [3.8, 4) is 0 Å². The molecule has 0 saturated heterocycles. The van der Waals surface area contributed by atoms with Crippen LogP contribution in [0.15, 0.2) is 0 Å². The zero-order valence-electron chi connectivity index (χ0n) is 13.6. The Kier molecular flexibility index (Phi) is 3.52.